The van der Waals surface area contributed by atoms with Crippen LogP contribution in [0.3, 0.4) is 0 Å². The van der Waals surface area contributed by atoms with Gasteiger partial charge in [0.1, 0.15) is 0 Å². The number of hydrogen-bond donors (Lipinski definition) is 2. The van der Waals surface area contributed by atoms with Crippen LogP contribution in [0.4, 0.5) is 5.13 Å². The number of rotatable bonds is 4. The third kappa shape index (κ3) is 3.68. The highest BCUT2D eigenvalue weighted by atomic mass is 32.1. The molecule has 120 valence electrons. The molecule has 1 aromatic heterocycles. The predicted molar refractivity (Wildman–Crippen MR) is 89.3 cm³/mol. The fourth-order valence-electron chi connectivity index (χ4n) is 1.97. The number of anilines is 1. The molecule has 1 fully saturated rings. The molecule has 1 aromatic rings. The summed E-state index contributed by atoms with van der Waals surface area (Å²) < 4.78 is 12.1. The van der Waals surface area contributed by atoms with Crippen molar-refractivity contribution in [3.63, 3.8) is 0 Å². The number of nitrogens with one attached hydrogen (secondary N) is 1. The number of thiazole rings is 1. The summed E-state index contributed by atoms with van der Waals surface area (Å²) in [6, 6.07) is 0. The lowest BCUT2D eigenvalue weighted by Gasteiger charge is -2.32. The molecule has 0 spiro atoms. The molecule has 1 saturated heterocycles. The van der Waals surface area contributed by atoms with Crippen molar-refractivity contribution in [2.75, 3.05) is 12.3 Å². The van der Waals surface area contributed by atoms with Crippen LogP contribution in [0.25, 0.3) is 6.08 Å². The van der Waals surface area contributed by atoms with E-state index in [0.717, 1.165) is 10.3 Å². The second-order valence-corrected chi connectivity index (χ2v) is 7.41. The number of carbonyl (C=O) groups excluding carboxylic acids is 1. The van der Waals surface area contributed by atoms with Crippen LogP contribution in [-0.2, 0) is 14.1 Å². The Kier molecular flexibility index (Phi) is 4.65. The van der Waals surface area contributed by atoms with Crippen molar-refractivity contribution >= 4 is 35.6 Å². The van der Waals surface area contributed by atoms with Gasteiger partial charge in [0.15, 0.2) is 5.13 Å². The maximum atomic E-state index is 11.2. The summed E-state index contributed by atoms with van der Waals surface area (Å²) >= 11 is 1.38. The zero-order chi connectivity index (χ0) is 16.5. The van der Waals surface area contributed by atoms with Crippen molar-refractivity contribution in [3.8, 4) is 0 Å². The van der Waals surface area contributed by atoms with Gasteiger partial charge >= 0.3 is 7.12 Å². The van der Waals surface area contributed by atoms with Gasteiger partial charge in [-0.25, -0.2) is 4.98 Å². The standard InChI is InChI=1S/C14H22BN3O3S/c1-9(19)17-7-10(6-11-8-18-12(16)22-11)15-20-13(2,3)14(4,5)21-15/h6,8H,7H2,1-5H3,(H2,16,18)(H,17,19). The molecule has 3 N–H and O–H groups in total. The lowest BCUT2D eigenvalue weighted by Crippen LogP contribution is -2.41. The van der Waals surface area contributed by atoms with Gasteiger partial charge in [0.25, 0.3) is 0 Å². The summed E-state index contributed by atoms with van der Waals surface area (Å²) in [7, 11) is -0.514. The molecular formula is C14H22BN3O3S. The number of nitrogens with zero attached hydrogens (tertiary/aromatic N) is 1. The van der Waals surface area contributed by atoms with E-state index in [-0.39, 0.29) is 5.91 Å². The van der Waals surface area contributed by atoms with Crippen LogP contribution in [0.15, 0.2) is 11.7 Å². The molecule has 0 aromatic carbocycles. The molecule has 1 amide bonds. The first-order valence-electron chi connectivity index (χ1n) is 7.12. The molecule has 1 aliphatic heterocycles. The van der Waals surface area contributed by atoms with Crippen LogP contribution in [0, 0.1) is 0 Å². The summed E-state index contributed by atoms with van der Waals surface area (Å²) in [6.07, 6.45) is 3.60. The first kappa shape index (κ1) is 17.0. The minimum atomic E-state index is -0.514. The quantitative estimate of drug-likeness (QED) is 0.826. The Balaban J connectivity index is 2.25. The van der Waals surface area contributed by atoms with E-state index in [4.69, 9.17) is 15.0 Å². The number of hydrogen-bond acceptors (Lipinski definition) is 6. The summed E-state index contributed by atoms with van der Waals surface area (Å²) in [5, 5.41) is 3.29. The highest BCUT2D eigenvalue weighted by Gasteiger charge is 2.52. The van der Waals surface area contributed by atoms with Gasteiger partial charge in [0, 0.05) is 24.5 Å². The van der Waals surface area contributed by atoms with E-state index in [0.29, 0.717) is 11.7 Å². The van der Waals surface area contributed by atoms with Crippen molar-refractivity contribution in [1.29, 1.82) is 0 Å². The van der Waals surface area contributed by atoms with Crippen LogP contribution in [0.2, 0.25) is 0 Å². The smallest absolute Gasteiger partial charge is 0.400 e. The minimum absolute atomic E-state index is 0.105. The molecule has 8 heteroatoms. The third-order valence-corrected chi connectivity index (χ3v) is 4.74. The van der Waals surface area contributed by atoms with Gasteiger partial charge in [0.05, 0.1) is 11.2 Å². The Morgan fingerprint density at radius 1 is 1.41 bits per heavy atom. The molecule has 6 nitrogen and oxygen atoms in total. The SMILES string of the molecule is CC(=O)NCC(=Cc1cnc(N)s1)B1OC(C)(C)C(C)(C)O1. The van der Waals surface area contributed by atoms with Crippen molar-refractivity contribution in [2.24, 2.45) is 0 Å². The molecule has 0 atom stereocenters. The van der Waals surface area contributed by atoms with Crippen molar-refractivity contribution in [2.45, 2.75) is 45.8 Å². The highest BCUT2D eigenvalue weighted by molar-refractivity contribution is 7.16. The van der Waals surface area contributed by atoms with Gasteiger partial charge in [-0.15, -0.1) is 0 Å². The van der Waals surface area contributed by atoms with Crippen molar-refractivity contribution in [3.05, 3.63) is 16.5 Å². The Morgan fingerprint density at radius 2 is 2.00 bits per heavy atom. The lowest BCUT2D eigenvalue weighted by atomic mass is 9.77. The molecule has 22 heavy (non-hydrogen) atoms. The zero-order valence-corrected chi connectivity index (χ0v) is 14.4. The van der Waals surface area contributed by atoms with Gasteiger partial charge in [-0.2, -0.15) is 0 Å². The number of nitrogens with two attached hydrogens (primary N) is 1. The summed E-state index contributed by atoms with van der Waals surface area (Å²) in [5.74, 6) is -0.105. The maximum Gasteiger partial charge on any atom is 0.492 e. The van der Waals surface area contributed by atoms with Crippen molar-refractivity contribution < 1.29 is 14.1 Å². The molecule has 2 rings (SSSR count). The van der Waals surface area contributed by atoms with Crippen LogP contribution in [0.1, 0.15) is 39.5 Å². The molecule has 0 bridgehead atoms. The minimum Gasteiger partial charge on any atom is -0.400 e. The third-order valence-electron chi connectivity index (χ3n) is 3.97. The van der Waals surface area contributed by atoms with Crippen LogP contribution in [-0.4, -0.2) is 35.8 Å². The topological polar surface area (TPSA) is 86.5 Å². The normalized spacial score (nSPS) is 20.2. The second kappa shape index (κ2) is 6.02. The number of nitrogen functional groups attached to an aromatic ring is 1. The predicted octanol–water partition coefficient (Wildman–Crippen LogP) is 1.88. The first-order chi connectivity index (χ1) is 10.1. The second-order valence-electron chi connectivity index (χ2n) is 6.32. The Labute approximate surface area is 135 Å². The Hall–Kier alpha value is -1.38. The summed E-state index contributed by atoms with van der Waals surface area (Å²) in [4.78, 5) is 16.2. The first-order valence-corrected chi connectivity index (χ1v) is 7.94. The number of aromatic nitrogens is 1. The molecule has 0 radical (unpaired) electrons. The van der Waals surface area contributed by atoms with Gasteiger partial charge in [-0.05, 0) is 39.2 Å². The zero-order valence-electron chi connectivity index (χ0n) is 13.6. The fourth-order valence-corrected chi connectivity index (χ4v) is 2.64. The molecule has 0 aliphatic carbocycles. The van der Waals surface area contributed by atoms with E-state index in [1.54, 1.807) is 6.20 Å². The maximum absolute atomic E-state index is 11.2. The van der Waals surface area contributed by atoms with E-state index in [1.165, 1.54) is 18.3 Å². The molecule has 0 unspecified atom stereocenters. The van der Waals surface area contributed by atoms with Gasteiger partial charge in [-0.1, -0.05) is 11.3 Å². The van der Waals surface area contributed by atoms with E-state index in [9.17, 15) is 4.79 Å². The average Bonchev–Trinajstić information content (AvgIpc) is 2.86. The monoisotopic (exact) mass is 323 g/mol. The fraction of sp³-hybridized carbons (Fsp3) is 0.571. The molecule has 1 aliphatic rings. The summed E-state index contributed by atoms with van der Waals surface area (Å²) in [6.45, 7) is 9.80. The lowest BCUT2D eigenvalue weighted by molar-refractivity contribution is -0.118. The highest BCUT2D eigenvalue weighted by Crippen LogP contribution is 2.38. The Bertz CT molecular complexity index is 582. The van der Waals surface area contributed by atoms with Gasteiger partial charge < -0.3 is 20.4 Å². The van der Waals surface area contributed by atoms with E-state index < -0.39 is 18.3 Å². The molecular weight excluding hydrogens is 301 g/mol. The molecule has 0 saturated carbocycles. The average molecular weight is 323 g/mol. The van der Waals surface area contributed by atoms with E-state index in [2.05, 4.69) is 10.3 Å². The van der Waals surface area contributed by atoms with E-state index in [1.807, 2.05) is 33.8 Å². The van der Waals surface area contributed by atoms with Crippen LogP contribution in [0.5, 0.6) is 0 Å². The van der Waals surface area contributed by atoms with E-state index >= 15 is 0 Å². The summed E-state index contributed by atoms with van der Waals surface area (Å²) in [5.41, 5.74) is 5.63. The number of amides is 1. The van der Waals surface area contributed by atoms with Crippen LogP contribution >= 0.6 is 11.3 Å². The largest absolute Gasteiger partial charge is 0.492 e. The molecule has 2 heterocycles. The Morgan fingerprint density at radius 3 is 2.45 bits per heavy atom. The van der Waals surface area contributed by atoms with Crippen molar-refractivity contribution in [1.82, 2.24) is 10.3 Å². The number of carbonyl (C=O) groups is 1. The van der Waals surface area contributed by atoms with Crippen LogP contribution < -0.4 is 11.1 Å². The van der Waals surface area contributed by atoms with Gasteiger partial charge in [0.2, 0.25) is 5.91 Å². The van der Waals surface area contributed by atoms with Gasteiger partial charge in [-0.3, -0.25) is 4.79 Å².